The Morgan fingerprint density at radius 3 is 2.39 bits per heavy atom. The Kier molecular flexibility index (Phi) is 7.69. The van der Waals surface area contributed by atoms with E-state index in [0.29, 0.717) is 35.2 Å². The molecule has 1 heterocycles. The Balaban J connectivity index is 2.08. The molecule has 31 heavy (non-hydrogen) atoms. The molecular weight excluding hydrogens is 441 g/mol. The van der Waals surface area contributed by atoms with Crippen LogP contribution in [0.25, 0.3) is 10.2 Å². The summed E-state index contributed by atoms with van der Waals surface area (Å²) < 4.78 is 25.2. The SMILES string of the molecule is CCN(CC)CCN(C(=O)c1ccc(F)cc1Cl)c1nc2c(OC)ccc(OC)c2s1. The van der Waals surface area contributed by atoms with Crippen LogP contribution in [0.5, 0.6) is 11.5 Å². The number of carbonyl (C=O) groups is 1. The van der Waals surface area contributed by atoms with Gasteiger partial charge in [-0.3, -0.25) is 9.69 Å². The molecule has 0 bridgehead atoms. The van der Waals surface area contributed by atoms with Crippen LogP contribution >= 0.6 is 22.9 Å². The van der Waals surface area contributed by atoms with Crippen molar-refractivity contribution in [1.29, 1.82) is 0 Å². The molecule has 0 saturated heterocycles. The van der Waals surface area contributed by atoms with Gasteiger partial charge in [0.15, 0.2) is 5.13 Å². The summed E-state index contributed by atoms with van der Waals surface area (Å²) >= 11 is 7.53. The number of amides is 1. The second-order valence-electron chi connectivity index (χ2n) is 6.75. The maximum Gasteiger partial charge on any atom is 0.261 e. The first kappa shape index (κ1) is 23.2. The van der Waals surface area contributed by atoms with E-state index in [4.69, 9.17) is 26.1 Å². The predicted octanol–water partition coefficient (Wildman–Crippen LogP) is 5.09. The molecular formula is C22H25ClFN3O3S. The molecule has 0 aliphatic heterocycles. The van der Waals surface area contributed by atoms with Crippen molar-refractivity contribution < 1.29 is 18.7 Å². The van der Waals surface area contributed by atoms with E-state index in [9.17, 15) is 9.18 Å². The van der Waals surface area contributed by atoms with Crippen LogP contribution in [0.2, 0.25) is 5.02 Å². The average molecular weight is 466 g/mol. The topological polar surface area (TPSA) is 54.9 Å². The number of methoxy groups -OCH3 is 2. The number of aromatic nitrogens is 1. The first-order valence-corrected chi connectivity index (χ1v) is 11.1. The third-order valence-corrected chi connectivity index (χ3v) is 6.48. The highest BCUT2D eigenvalue weighted by Gasteiger charge is 2.25. The van der Waals surface area contributed by atoms with Crippen LogP contribution in [0.3, 0.4) is 0 Å². The molecule has 0 aliphatic carbocycles. The van der Waals surface area contributed by atoms with E-state index in [-0.39, 0.29) is 16.5 Å². The van der Waals surface area contributed by atoms with Gasteiger partial charge in [0.25, 0.3) is 5.91 Å². The highest BCUT2D eigenvalue weighted by molar-refractivity contribution is 7.22. The third kappa shape index (κ3) is 4.92. The van der Waals surface area contributed by atoms with Crippen molar-refractivity contribution in [3.8, 4) is 11.5 Å². The van der Waals surface area contributed by atoms with Gasteiger partial charge in [0.05, 0.1) is 24.8 Å². The zero-order valence-corrected chi connectivity index (χ0v) is 19.5. The van der Waals surface area contributed by atoms with Crippen molar-refractivity contribution in [2.24, 2.45) is 0 Å². The van der Waals surface area contributed by atoms with Gasteiger partial charge in [-0.25, -0.2) is 9.37 Å². The highest BCUT2D eigenvalue weighted by Crippen LogP contribution is 2.40. The average Bonchev–Trinajstić information content (AvgIpc) is 3.20. The molecule has 3 aromatic rings. The monoisotopic (exact) mass is 465 g/mol. The first-order valence-electron chi connectivity index (χ1n) is 9.94. The van der Waals surface area contributed by atoms with E-state index in [1.54, 1.807) is 25.2 Å². The predicted molar refractivity (Wildman–Crippen MR) is 124 cm³/mol. The molecule has 1 aromatic heterocycles. The molecule has 0 aliphatic rings. The third-order valence-electron chi connectivity index (χ3n) is 5.07. The summed E-state index contributed by atoms with van der Waals surface area (Å²) in [5, 5.41) is 0.560. The molecule has 0 unspecified atom stereocenters. The summed E-state index contributed by atoms with van der Waals surface area (Å²) in [5.41, 5.74) is 0.841. The van der Waals surface area contributed by atoms with Gasteiger partial charge in [0, 0.05) is 13.1 Å². The summed E-state index contributed by atoms with van der Waals surface area (Å²) in [7, 11) is 3.16. The van der Waals surface area contributed by atoms with Gasteiger partial charge in [-0.1, -0.05) is 36.8 Å². The first-order chi connectivity index (χ1) is 14.9. The van der Waals surface area contributed by atoms with Crippen molar-refractivity contribution in [1.82, 2.24) is 9.88 Å². The number of benzene rings is 2. The molecule has 2 aromatic carbocycles. The summed E-state index contributed by atoms with van der Waals surface area (Å²) in [6.45, 7) is 6.91. The van der Waals surface area contributed by atoms with E-state index in [1.807, 2.05) is 6.07 Å². The van der Waals surface area contributed by atoms with E-state index < -0.39 is 5.82 Å². The Labute approximate surface area is 190 Å². The lowest BCUT2D eigenvalue weighted by molar-refractivity contribution is 0.0984. The lowest BCUT2D eigenvalue weighted by Crippen LogP contribution is -2.39. The van der Waals surface area contributed by atoms with Crippen molar-refractivity contribution in [3.05, 3.63) is 46.7 Å². The van der Waals surface area contributed by atoms with E-state index >= 15 is 0 Å². The number of rotatable bonds is 9. The van der Waals surface area contributed by atoms with E-state index in [1.165, 1.54) is 23.5 Å². The fraction of sp³-hybridized carbons (Fsp3) is 0.364. The largest absolute Gasteiger partial charge is 0.495 e. The van der Waals surface area contributed by atoms with Gasteiger partial charge < -0.3 is 14.4 Å². The second-order valence-corrected chi connectivity index (χ2v) is 8.14. The fourth-order valence-electron chi connectivity index (χ4n) is 3.26. The molecule has 166 valence electrons. The number of fused-ring (bicyclic) bond motifs is 1. The molecule has 1 amide bonds. The number of hydrogen-bond donors (Lipinski definition) is 0. The van der Waals surface area contributed by atoms with Crippen molar-refractivity contribution >= 4 is 44.2 Å². The summed E-state index contributed by atoms with van der Waals surface area (Å²) in [4.78, 5) is 21.9. The Morgan fingerprint density at radius 1 is 1.10 bits per heavy atom. The minimum Gasteiger partial charge on any atom is -0.495 e. The fourth-order valence-corrected chi connectivity index (χ4v) is 4.61. The van der Waals surface area contributed by atoms with Gasteiger partial charge in [0.2, 0.25) is 0 Å². The minimum absolute atomic E-state index is 0.0640. The number of carbonyl (C=O) groups excluding carboxylic acids is 1. The van der Waals surface area contributed by atoms with Gasteiger partial charge >= 0.3 is 0 Å². The zero-order chi connectivity index (χ0) is 22.5. The van der Waals surface area contributed by atoms with Crippen LogP contribution in [0.15, 0.2) is 30.3 Å². The molecule has 6 nitrogen and oxygen atoms in total. The minimum atomic E-state index is -0.495. The standard InChI is InChI=1S/C22H25ClFN3O3S/c1-5-26(6-2)11-12-27(21(28)15-8-7-14(24)13-16(15)23)22-25-19-17(29-3)9-10-18(30-4)20(19)31-22/h7-10,13H,5-6,11-12H2,1-4H3. The Hall–Kier alpha value is -2.42. The maximum absolute atomic E-state index is 13.5. The number of halogens is 2. The van der Waals surface area contributed by atoms with Crippen LogP contribution < -0.4 is 14.4 Å². The van der Waals surface area contributed by atoms with Gasteiger partial charge in [-0.15, -0.1) is 0 Å². The normalized spacial score (nSPS) is 11.2. The number of hydrogen-bond acceptors (Lipinski definition) is 6. The van der Waals surface area contributed by atoms with Crippen LogP contribution in [-0.2, 0) is 0 Å². The number of ether oxygens (including phenoxy) is 2. The molecule has 0 fully saturated rings. The molecule has 0 radical (unpaired) electrons. The lowest BCUT2D eigenvalue weighted by atomic mass is 10.2. The van der Waals surface area contributed by atoms with Gasteiger partial charge in [-0.2, -0.15) is 0 Å². The highest BCUT2D eigenvalue weighted by atomic mass is 35.5. The van der Waals surface area contributed by atoms with Crippen molar-refractivity contribution in [2.75, 3.05) is 45.3 Å². The van der Waals surface area contributed by atoms with Gasteiger partial charge in [0.1, 0.15) is 27.5 Å². The summed E-state index contributed by atoms with van der Waals surface area (Å²) in [5.74, 6) is 0.407. The Bertz CT molecular complexity index is 1030. The van der Waals surface area contributed by atoms with Crippen LogP contribution in [0, 0.1) is 5.82 Å². The molecule has 0 spiro atoms. The smallest absolute Gasteiger partial charge is 0.261 e. The summed E-state index contributed by atoms with van der Waals surface area (Å²) in [6, 6.07) is 7.36. The number of nitrogens with zero attached hydrogens (tertiary/aromatic N) is 3. The Morgan fingerprint density at radius 2 is 1.77 bits per heavy atom. The van der Waals surface area contributed by atoms with Crippen LogP contribution in [0.1, 0.15) is 24.2 Å². The number of likely N-dealkylation sites (N-methyl/N-ethyl adjacent to an activating group) is 1. The molecule has 0 N–H and O–H groups in total. The zero-order valence-electron chi connectivity index (χ0n) is 17.9. The van der Waals surface area contributed by atoms with Crippen molar-refractivity contribution in [2.45, 2.75) is 13.8 Å². The molecule has 0 saturated carbocycles. The lowest BCUT2D eigenvalue weighted by Gasteiger charge is -2.25. The summed E-state index contributed by atoms with van der Waals surface area (Å²) in [6.07, 6.45) is 0. The van der Waals surface area contributed by atoms with Crippen LogP contribution in [0.4, 0.5) is 9.52 Å². The molecule has 9 heteroatoms. The number of thiazole rings is 1. The molecule has 3 rings (SSSR count). The van der Waals surface area contributed by atoms with Crippen LogP contribution in [-0.4, -0.2) is 56.2 Å². The number of anilines is 1. The van der Waals surface area contributed by atoms with E-state index in [0.717, 1.165) is 23.9 Å². The van der Waals surface area contributed by atoms with Crippen molar-refractivity contribution in [3.63, 3.8) is 0 Å². The molecule has 0 atom stereocenters. The van der Waals surface area contributed by atoms with Gasteiger partial charge in [-0.05, 0) is 43.4 Å². The van der Waals surface area contributed by atoms with E-state index in [2.05, 4.69) is 18.7 Å². The maximum atomic E-state index is 13.5. The quantitative estimate of drug-likeness (QED) is 0.440. The second kappa shape index (κ2) is 10.3.